The molecule has 10 heteroatoms. The summed E-state index contributed by atoms with van der Waals surface area (Å²) in [5.74, 6) is -0.547. The number of hydroxylamine groups is 1. The maximum absolute atomic E-state index is 12.8. The van der Waals surface area contributed by atoms with Crippen molar-refractivity contribution in [3.63, 3.8) is 0 Å². The Hall–Kier alpha value is -1.84. The van der Waals surface area contributed by atoms with Gasteiger partial charge in [0.05, 0.1) is 28.6 Å². The molecule has 0 aliphatic rings. The van der Waals surface area contributed by atoms with Gasteiger partial charge in [-0.15, -0.1) is 0 Å². The Morgan fingerprint density at radius 1 is 1.39 bits per heavy atom. The second kappa shape index (κ2) is 8.26. The van der Waals surface area contributed by atoms with E-state index in [0.717, 1.165) is 4.47 Å². The molecule has 0 aliphatic carbocycles. The first-order valence-electron chi connectivity index (χ1n) is 8.18. The maximum Gasteiger partial charge on any atom is 0.278 e. The van der Waals surface area contributed by atoms with E-state index in [4.69, 9.17) is 28.0 Å². The zero-order valence-corrected chi connectivity index (χ0v) is 18.1. The minimum atomic E-state index is -0.943. The van der Waals surface area contributed by atoms with Crippen molar-refractivity contribution in [2.75, 3.05) is 11.9 Å². The summed E-state index contributed by atoms with van der Waals surface area (Å²) in [4.78, 5) is 22.3. The molecule has 0 bridgehead atoms. The molecule has 0 fully saturated rings. The molecule has 3 rings (SSSR count). The van der Waals surface area contributed by atoms with Crippen LogP contribution in [0.25, 0.3) is 5.65 Å². The summed E-state index contributed by atoms with van der Waals surface area (Å²) in [6.07, 6.45) is 4.82. The summed E-state index contributed by atoms with van der Waals surface area (Å²) in [6.45, 7) is 3.01. The fourth-order valence-electron chi connectivity index (χ4n) is 2.31. The van der Waals surface area contributed by atoms with Gasteiger partial charge in [-0.2, -0.15) is 0 Å². The van der Waals surface area contributed by atoms with Gasteiger partial charge in [0, 0.05) is 23.1 Å². The standard InChI is InChI=1S/C18H17BrCl2N4O3/c1-18(2,9-26)28-24-17(27)11-8-25-6-5-22-16(25)14(21)15(11)23-13-4-3-10(19)7-12(13)20/h3-8,23,26H,9H2,1-2H3,(H,24,27). The Balaban J connectivity index is 2.03. The van der Waals surface area contributed by atoms with Gasteiger partial charge in [0.2, 0.25) is 0 Å². The average Bonchev–Trinajstić information content (AvgIpc) is 3.12. The summed E-state index contributed by atoms with van der Waals surface area (Å²) < 4.78 is 2.44. The Morgan fingerprint density at radius 3 is 2.82 bits per heavy atom. The lowest BCUT2D eigenvalue weighted by Gasteiger charge is -2.22. The van der Waals surface area contributed by atoms with E-state index in [1.54, 1.807) is 49.0 Å². The molecule has 2 aromatic heterocycles. The van der Waals surface area contributed by atoms with Gasteiger partial charge in [-0.25, -0.2) is 10.5 Å². The van der Waals surface area contributed by atoms with E-state index in [2.05, 4.69) is 31.7 Å². The van der Waals surface area contributed by atoms with Crippen LogP contribution < -0.4 is 10.8 Å². The molecule has 28 heavy (non-hydrogen) atoms. The number of carbonyl (C=O) groups is 1. The average molecular weight is 488 g/mol. The predicted molar refractivity (Wildman–Crippen MR) is 112 cm³/mol. The highest BCUT2D eigenvalue weighted by molar-refractivity contribution is 9.10. The first kappa shape index (κ1) is 20.9. The molecule has 3 aromatic rings. The molecule has 7 nitrogen and oxygen atoms in total. The molecule has 2 heterocycles. The van der Waals surface area contributed by atoms with Crippen LogP contribution in [0.1, 0.15) is 24.2 Å². The molecule has 0 saturated heterocycles. The first-order chi connectivity index (χ1) is 13.2. The molecule has 0 radical (unpaired) electrons. The number of nitrogens with zero attached hydrogens (tertiary/aromatic N) is 2. The van der Waals surface area contributed by atoms with Gasteiger partial charge >= 0.3 is 0 Å². The van der Waals surface area contributed by atoms with Crippen molar-refractivity contribution in [3.8, 4) is 0 Å². The number of fused-ring (bicyclic) bond motifs is 1. The number of anilines is 2. The lowest BCUT2D eigenvalue weighted by atomic mass is 10.2. The van der Waals surface area contributed by atoms with Gasteiger partial charge in [-0.1, -0.05) is 39.1 Å². The van der Waals surface area contributed by atoms with E-state index in [1.165, 1.54) is 0 Å². The van der Waals surface area contributed by atoms with Crippen molar-refractivity contribution in [1.82, 2.24) is 14.9 Å². The number of halogens is 3. The lowest BCUT2D eigenvalue weighted by molar-refractivity contribution is -0.0956. The number of aliphatic hydroxyl groups excluding tert-OH is 1. The number of carbonyl (C=O) groups excluding carboxylic acids is 1. The molecule has 0 saturated carbocycles. The van der Waals surface area contributed by atoms with Crippen molar-refractivity contribution in [3.05, 3.63) is 56.9 Å². The molecule has 148 valence electrons. The molecule has 3 N–H and O–H groups in total. The highest BCUT2D eigenvalue weighted by atomic mass is 79.9. The van der Waals surface area contributed by atoms with Crippen molar-refractivity contribution < 1.29 is 14.7 Å². The number of imidazole rings is 1. The largest absolute Gasteiger partial charge is 0.393 e. The summed E-state index contributed by atoms with van der Waals surface area (Å²) >= 11 is 16.2. The van der Waals surface area contributed by atoms with E-state index in [9.17, 15) is 9.90 Å². The smallest absolute Gasteiger partial charge is 0.278 e. The Morgan fingerprint density at radius 2 is 2.14 bits per heavy atom. The minimum Gasteiger partial charge on any atom is -0.393 e. The second-order valence-corrected chi connectivity index (χ2v) is 8.29. The van der Waals surface area contributed by atoms with Crippen LogP contribution in [0.15, 0.2) is 41.3 Å². The van der Waals surface area contributed by atoms with Crippen molar-refractivity contribution in [2.45, 2.75) is 19.4 Å². The third kappa shape index (κ3) is 4.42. The van der Waals surface area contributed by atoms with Crippen molar-refractivity contribution >= 4 is 62.1 Å². The third-order valence-electron chi connectivity index (χ3n) is 3.86. The first-order valence-corrected chi connectivity index (χ1v) is 9.73. The second-order valence-electron chi connectivity index (χ2n) is 6.59. The summed E-state index contributed by atoms with van der Waals surface area (Å²) in [7, 11) is 0. The van der Waals surface area contributed by atoms with Crippen LogP contribution in [-0.2, 0) is 4.84 Å². The zero-order chi connectivity index (χ0) is 20.5. The van der Waals surface area contributed by atoms with Gasteiger partial charge in [0.1, 0.15) is 10.6 Å². The van der Waals surface area contributed by atoms with Gasteiger partial charge in [0.15, 0.2) is 5.65 Å². The number of benzene rings is 1. The number of hydrogen-bond donors (Lipinski definition) is 3. The zero-order valence-electron chi connectivity index (χ0n) is 15.0. The molecule has 1 amide bonds. The van der Waals surface area contributed by atoms with Crippen LogP contribution in [0.2, 0.25) is 10.0 Å². The van der Waals surface area contributed by atoms with Crippen LogP contribution in [0.5, 0.6) is 0 Å². The fourth-order valence-corrected chi connectivity index (χ4v) is 3.33. The molecular weight excluding hydrogens is 471 g/mol. The van der Waals surface area contributed by atoms with E-state index < -0.39 is 11.5 Å². The molecule has 0 unspecified atom stereocenters. The summed E-state index contributed by atoms with van der Waals surface area (Å²) in [6, 6.07) is 5.28. The molecule has 1 aromatic carbocycles. The van der Waals surface area contributed by atoms with Crippen LogP contribution in [-0.4, -0.2) is 32.6 Å². The van der Waals surface area contributed by atoms with Gasteiger partial charge in [0.25, 0.3) is 5.91 Å². The Bertz CT molecular complexity index is 1040. The normalized spacial score (nSPS) is 11.6. The SMILES string of the molecule is CC(C)(CO)ONC(=O)c1cn2ccnc2c(Cl)c1Nc1ccc(Br)cc1Cl. The topological polar surface area (TPSA) is 87.9 Å². The molecular formula is C18H17BrCl2N4O3. The van der Waals surface area contributed by atoms with Crippen molar-refractivity contribution in [1.29, 1.82) is 0 Å². The van der Waals surface area contributed by atoms with E-state index >= 15 is 0 Å². The number of nitrogens with one attached hydrogen (secondary N) is 2. The molecule has 0 aliphatic heterocycles. The van der Waals surface area contributed by atoms with E-state index in [-0.39, 0.29) is 17.2 Å². The predicted octanol–water partition coefficient (Wildman–Crippen LogP) is 4.58. The van der Waals surface area contributed by atoms with Crippen LogP contribution >= 0.6 is 39.1 Å². The number of pyridine rings is 1. The van der Waals surface area contributed by atoms with Crippen LogP contribution in [0.4, 0.5) is 11.4 Å². The third-order valence-corrected chi connectivity index (χ3v) is 5.02. The quantitative estimate of drug-likeness (QED) is 0.443. The number of rotatable bonds is 6. The number of hydrogen-bond acceptors (Lipinski definition) is 5. The monoisotopic (exact) mass is 486 g/mol. The Labute approximate surface area is 179 Å². The highest BCUT2D eigenvalue weighted by Crippen LogP contribution is 2.35. The highest BCUT2D eigenvalue weighted by Gasteiger charge is 2.23. The number of aromatic nitrogens is 2. The van der Waals surface area contributed by atoms with Gasteiger partial charge in [-0.05, 0) is 32.0 Å². The number of aliphatic hydroxyl groups is 1. The number of amides is 1. The van der Waals surface area contributed by atoms with Crippen LogP contribution in [0.3, 0.4) is 0 Å². The summed E-state index contributed by atoms with van der Waals surface area (Å²) in [5.41, 5.74) is 2.99. The van der Waals surface area contributed by atoms with E-state index in [0.29, 0.717) is 22.0 Å². The van der Waals surface area contributed by atoms with E-state index in [1.807, 2.05) is 6.07 Å². The van der Waals surface area contributed by atoms with Gasteiger partial charge < -0.3 is 14.8 Å². The van der Waals surface area contributed by atoms with Crippen molar-refractivity contribution in [2.24, 2.45) is 0 Å². The Kier molecular flexibility index (Phi) is 6.16. The molecule has 0 atom stereocenters. The summed E-state index contributed by atoms with van der Waals surface area (Å²) in [5, 5.41) is 13.1. The maximum atomic E-state index is 12.8. The minimum absolute atomic E-state index is 0.211. The fraction of sp³-hybridized carbons (Fsp3) is 0.222. The van der Waals surface area contributed by atoms with Crippen LogP contribution in [0, 0.1) is 0 Å². The van der Waals surface area contributed by atoms with Gasteiger partial charge in [-0.3, -0.25) is 9.63 Å². The lowest BCUT2D eigenvalue weighted by Crippen LogP contribution is -2.38. The molecule has 0 spiro atoms.